The number of rotatable bonds is 7. The third-order valence-corrected chi connectivity index (χ3v) is 8.19. The number of aromatic nitrogens is 3. The second-order valence-electron chi connectivity index (χ2n) is 13.1. The summed E-state index contributed by atoms with van der Waals surface area (Å²) >= 11 is 0. The molecule has 1 fully saturated rings. The Morgan fingerprint density at radius 1 is 0.955 bits per heavy atom. The molecule has 0 bridgehead atoms. The van der Waals surface area contributed by atoms with Crippen molar-refractivity contribution in [2.45, 2.75) is 84.0 Å². The Labute approximate surface area is 256 Å². The molecule has 1 unspecified atom stereocenters. The molecule has 11 heteroatoms. The van der Waals surface area contributed by atoms with Gasteiger partial charge in [0.1, 0.15) is 17.2 Å². The van der Waals surface area contributed by atoms with Crippen molar-refractivity contribution in [3.63, 3.8) is 0 Å². The Kier molecular flexibility index (Phi) is 8.33. The van der Waals surface area contributed by atoms with E-state index in [4.69, 9.17) is 4.74 Å². The number of carbonyl (C=O) groups is 3. The fourth-order valence-corrected chi connectivity index (χ4v) is 5.96. The lowest BCUT2D eigenvalue weighted by Crippen LogP contribution is -2.60. The number of benzene rings is 2. The number of carbonyl (C=O) groups excluding carboxylic acids is 3. The zero-order valence-corrected chi connectivity index (χ0v) is 26.2. The Bertz CT molecular complexity index is 1750. The Hall–Kier alpha value is -4.54. The van der Waals surface area contributed by atoms with Gasteiger partial charge in [0, 0.05) is 42.1 Å². The summed E-state index contributed by atoms with van der Waals surface area (Å²) in [6.07, 6.45) is 0.755. The third-order valence-electron chi connectivity index (χ3n) is 8.19. The van der Waals surface area contributed by atoms with Crippen LogP contribution in [0.4, 0.5) is 4.79 Å². The largest absolute Gasteiger partial charge is 0.444 e. The zero-order chi connectivity index (χ0) is 31.8. The summed E-state index contributed by atoms with van der Waals surface area (Å²) in [7, 11) is 0. The van der Waals surface area contributed by atoms with Gasteiger partial charge in [0.2, 0.25) is 11.8 Å². The van der Waals surface area contributed by atoms with Crippen LogP contribution < -0.4 is 16.3 Å². The highest BCUT2D eigenvalue weighted by Crippen LogP contribution is 2.27. The molecule has 0 aliphatic carbocycles. The van der Waals surface area contributed by atoms with Gasteiger partial charge < -0.3 is 30.2 Å². The van der Waals surface area contributed by atoms with Crippen molar-refractivity contribution in [3.05, 3.63) is 70.3 Å². The first-order chi connectivity index (χ1) is 20.7. The quantitative estimate of drug-likeness (QED) is 0.249. The van der Waals surface area contributed by atoms with Crippen molar-refractivity contribution in [2.75, 3.05) is 13.1 Å². The van der Waals surface area contributed by atoms with E-state index in [0.717, 1.165) is 33.2 Å². The van der Waals surface area contributed by atoms with Gasteiger partial charge in [0.15, 0.2) is 0 Å². The van der Waals surface area contributed by atoms with Crippen molar-refractivity contribution in [2.24, 2.45) is 0 Å². The summed E-state index contributed by atoms with van der Waals surface area (Å²) in [6.45, 7) is 11.2. The fraction of sp³-hybridized carbons (Fsp3) is 0.455. The highest BCUT2D eigenvalue weighted by molar-refractivity contribution is 5.94. The molecule has 4 aromatic rings. The van der Waals surface area contributed by atoms with Gasteiger partial charge in [0.25, 0.3) is 0 Å². The van der Waals surface area contributed by atoms with E-state index in [9.17, 15) is 19.2 Å². The van der Waals surface area contributed by atoms with E-state index in [1.807, 2.05) is 55.5 Å². The van der Waals surface area contributed by atoms with E-state index < -0.39 is 29.2 Å². The summed E-state index contributed by atoms with van der Waals surface area (Å²) in [5, 5.41) is 6.57. The second kappa shape index (κ2) is 11.9. The van der Waals surface area contributed by atoms with E-state index in [-0.39, 0.29) is 24.1 Å². The number of piperidine rings is 1. The van der Waals surface area contributed by atoms with Crippen LogP contribution in [0.1, 0.15) is 64.8 Å². The third kappa shape index (κ3) is 6.51. The number of alkyl carbamates (subject to hydrolysis) is 1. The molecule has 1 saturated heterocycles. The van der Waals surface area contributed by atoms with Gasteiger partial charge in [-0.05, 0) is 78.1 Å². The molecule has 234 valence electrons. The number of para-hydroxylation sites is 3. The lowest BCUT2D eigenvalue weighted by Gasteiger charge is -2.36. The van der Waals surface area contributed by atoms with E-state index in [1.165, 1.54) is 0 Å². The van der Waals surface area contributed by atoms with Crippen LogP contribution in [-0.2, 0) is 20.7 Å². The average molecular weight is 603 g/mol. The monoisotopic (exact) mass is 602 g/mol. The van der Waals surface area contributed by atoms with E-state index in [0.29, 0.717) is 25.9 Å². The number of H-pyrrole nitrogens is 2. The number of hydrogen-bond donors (Lipinski definition) is 4. The van der Waals surface area contributed by atoms with Crippen LogP contribution in [0, 0.1) is 6.92 Å². The molecule has 0 radical (unpaired) electrons. The minimum absolute atomic E-state index is 0.0523. The van der Waals surface area contributed by atoms with Crippen LogP contribution in [0.2, 0.25) is 0 Å². The molecule has 2 aromatic carbocycles. The van der Waals surface area contributed by atoms with Gasteiger partial charge in [0.05, 0.1) is 11.0 Å². The molecule has 3 heterocycles. The molecule has 11 nitrogen and oxygen atoms in total. The van der Waals surface area contributed by atoms with Crippen molar-refractivity contribution in [3.8, 4) is 0 Å². The Morgan fingerprint density at radius 2 is 1.59 bits per heavy atom. The molecule has 5 rings (SSSR count). The number of hydrogen-bond acceptors (Lipinski definition) is 5. The standard InChI is InChI=1S/C33H42N6O5/c1-20-23(22-11-7-8-12-24(22)34-20)19-26(35-29(41)33(5,6)37-31(43)44-32(2,3)4)28(40)38-17-15-21(16-18-38)39-27-14-10-9-13-25(27)36-30(39)42/h7-14,21,26,34H,15-19H2,1-6H3,(H,35,41)(H,36,42)(H,37,43). The maximum Gasteiger partial charge on any atom is 0.408 e. The number of likely N-dealkylation sites (tertiary alicyclic amines) is 1. The van der Waals surface area contributed by atoms with E-state index in [1.54, 1.807) is 44.1 Å². The summed E-state index contributed by atoms with van der Waals surface area (Å²) in [4.78, 5) is 61.1. The molecule has 0 saturated carbocycles. The van der Waals surface area contributed by atoms with Gasteiger partial charge in [-0.2, -0.15) is 0 Å². The summed E-state index contributed by atoms with van der Waals surface area (Å²) in [5.74, 6) is -0.708. The lowest BCUT2D eigenvalue weighted by atomic mass is 9.97. The Balaban J connectivity index is 1.36. The predicted molar refractivity (Wildman–Crippen MR) is 170 cm³/mol. The van der Waals surface area contributed by atoms with Crippen LogP contribution in [0.15, 0.2) is 53.3 Å². The van der Waals surface area contributed by atoms with E-state index >= 15 is 0 Å². The number of ether oxygens (including phenoxy) is 1. The van der Waals surface area contributed by atoms with Crippen molar-refractivity contribution in [1.29, 1.82) is 0 Å². The first-order valence-corrected chi connectivity index (χ1v) is 15.1. The van der Waals surface area contributed by atoms with Crippen molar-refractivity contribution in [1.82, 2.24) is 30.1 Å². The maximum absolute atomic E-state index is 14.1. The molecular formula is C33H42N6O5. The molecule has 4 N–H and O–H groups in total. The van der Waals surface area contributed by atoms with Crippen molar-refractivity contribution < 1.29 is 19.1 Å². The molecule has 3 amide bonds. The molecule has 2 aromatic heterocycles. The minimum atomic E-state index is -1.35. The number of aryl methyl sites for hydroxylation is 1. The smallest absolute Gasteiger partial charge is 0.408 e. The first kappa shape index (κ1) is 30.9. The average Bonchev–Trinajstić information content (AvgIpc) is 3.45. The normalized spacial score (nSPS) is 15.4. The topological polar surface area (TPSA) is 141 Å². The SMILES string of the molecule is Cc1[nH]c2ccccc2c1CC(NC(=O)C(C)(C)NC(=O)OC(C)(C)C)C(=O)N1CCC(n2c(=O)[nH]c3ccccc32)CC1. The molecule has 0 spiro atoms. The first-order valence-electron chi connectivity index (χ1n) is 15.1. The number of nitrogens with one attached hydrogen (secondary N) is 4. The molecule has 1 atom stereocenters. The van der Waals surface area contributed by atoms with Gasteiger partial charge in [-0.1, -0.05) is 30.3 Å². The van der Waals surface area contributed by atoms with Crippen LogP contribution in [0.25, 0.3) is 21.9 Å². The Morgan fingerprint density at radius 3 is 2.27 bits per heavy atom. The van der Waals surface area contributed by atoms with E-state index in [2.05, 4.69) is 20.6 Å². The van der Waals surface area contributed by atoms with Gasteiger partial charge in [-0.3, -0.25) is 14.2 Å². The summed E-state index contributed by atoms with van der Waals surface area (Å²) < 4.78 is 7.15. The fourth-order valence-electron chi connectivity index (χ4n) is 5.96. The molecule has 1 aliphatic heterocycles. The van der Waals surface area contributed by atoms with Crippen LogP contribution >= 0.6 is 0 Å². The maximum atomic E-state index is 14.1. The number of amides is 3. The number of imidazole rings is 1. The molecule has 1 aliphatic rings. The lowest BCUT2D eigenvalue weighted by molar-refractivity contribution is -0.138. The highest BCUT2D eigenvalue weighted by atomic mass is 16.6. The van der Waals surface area contributed by atoms with Crippen molar-refractivity contribution >= 4 is 39.8 Å². The van der Waals surface area contributed by atoms with Gasteiger partial charge >= 0.3 is 11.8 Å². The number of fused-ring (bicyclic) bond motifs is 2. The predicted octanol–water partition coefficient (Wildman–Crippen LogP) is 4.31. The van der Waals surface area contributed by atoms with Crippen LogP contribution in [0.3, 0.4) is 0 Å². The number of nitrogens with zero attached hydrogens (tertiary/aromatic N) is 2. The van der Waals surface area contributed by atoms with Gasteiger partial charge in [-0.25, -0.2) is 9.59 Å². The van der Waals surface area contributed by atoms with Crippen LogP contribution in [0.5, 0.6) is 0 Å². The van der Waals surface area contributed by atoms with Crippen LogP contribution in [-0.4, -0.2) is 67.6 Å². The number of aromatic amines is 2. The highest BCUT2D eigenvalue weighted by Gasteiger charge is 2.37. The minimum Gasteiger partial charge on any atom is -0.444 e. The van der Waals surface area contributed by atoms with Gasteiger partial charge in [-0.15, -0.1) is 0 Å². The second-order valence-corrected chi connectivity index (χ2v) is 13.1. The molecule has 44 heavy (non-hydrogen) atoms. The summed E-state index contributed by atoms with van der Waals surface area (Å²) in [5.41, 5.74) is 2.22. The summed E-state index contributed by atoms with van der Waals surface area (Å²) in [6, 6.07) is 14.5. The molecular weight excluding hydrogens is 560 g/mol. The zero-order valence-electron chi connectivity index (χ0n) is 26.2.